The Hall–Kier alpha value is -3.71. The summed E-state index contributed by atoms with van der Waals surface area (Å²) in [7, 11) is 1.32. The first-order valence-electron chi connectivity index (χ1n) is 13.0. The minimum atomic E-state index is -1.78. The fourth-order valence-electron chi connectivity index (χ4n) is 5.69. The number of carboxylic acids is 1. The first-order valence-corrected chi connectivity index (χ1v) is 13.8. The van der Waals surface area contributed by atoms with Crippen molar-refractivity contribution in [2.45, 2.75) is 50.6 Å². The van der Waals surface area contributed by atoms with Crippen molar-refractivity contribution in [3.05, 3.63) is 93.0 Å². The van der Waals surface area contributed by atoms with E-state index in [-0.39, 0.29) is 38.2 Å². The maximum Gasteiger partial charge on any atom is 0.335 e. The lowest BCUT2D eigenvalue weighted by Crippen LogP contribution is -2.45. The van der Waals surface area contributed by atoms with Crippen LogP contribution in [0.2, 0.25) is 10.0 Å². The van der Waals surface area contributed by atoms with Gasteiger partial charge in [0.25, 0.3) is 0 Å². The number of hydrogen-bond acceptors (Lipinski definition) is 5. The van der Waals surface area contributed by atoms with E-state index in [1.807, 2.05) is 20.8 Å². The third-order valence-electron chi connectivity index (χ3n) is 7.44. The highest BCUT2D eigenvalue weighted by Gasteiger charge is 2.61. The molecule has 1 saturated heterocycles. The molecule has 0 bridgehead atoms. The second kappa shape index (κ2) is 11.9. The van der Waals surface area contributed by atoms with E-state index in [1.165, 1.54) is 55.6 Å². The summed E-state index contributed by atoms with van der Waals surface area (Å²) < 4.78 is 36.8. The summed E-state index contributed by atoms with van der Waals surface area (Å²) in [5.41, 5.74) is -2.18. The van der Waals surface area contributed by atoms with Gasteiger partial charge in [-0.1, -0.05) is 62.2 Å². The molecule has 0 radical (unpaired) electrons. The van der Waals surface area contributed by atoms with Crippen LogP contribution < -0.4 is 15.4 Å². The van der Waals surface area contributed by atoms with Crippen LogP contribution in [0.5, 0.6) is 5.75 Å². The van der Waals surface area contributed by atoms with Gasteiger partial charge in [-0.3, -0.25) is 4.79 Å². The zero-order valence-corrected chi connectivity index (χ0v) is 24.8. The first-order chi connectivity index (χ1) is 19.7. The Morgan fingerprint density at radius 1 is 1.14 bits per heavy atom. The number of nitriles is 1. The van der Waals surface area contributed by atoms with Gasteiger partial charge in [0.2, 0.25) is 5.91 Å². The molecule has 0 aliphatic carbocycles. The van der Waals surface area contributed by atoms with E-state index < -0.39 is 52.3 Å². The summed E-state index contributed by atoms with van der Waals surface area (Å²) >= 11 is 12.2. The molecule has 0 spiro atoms. The number of carboxylic acid groups (broad SMARTS) is 1. The molecule has 3 aromatic carbocycles. The van der Waals surface area contributed by atoms with E-state index >= 15 is 8.78 Å². The predicted octanol–water partition coefficient (Wildman–Crippen LogP) is 6.94. The molecule has 220 valence electrons. The van der Waals surface area contributed by atoms with Crippen molar-refractivity contribution in [3.63, 3.8) is 0 Å². The van der Waals surface area contributed by atoms with Gasteiger partial charge >= 0.3 is 5.97 Å². The van der Waals surface area contributed by atoms with Crippen molar-refractivity contribution >= 4 is 40.8 Å². The molecule has 1 fully saturated rings. The number of hydrogen-bond donors (Lipinski definition) is 3. The molecular formula is C31H29Cl2F2N3O4. The number of ether oxygens (including phenoxy) is 1. The van der Waals surface area contributed by atoms with Gasteiger partial charge in [-0.25, -0.2) is 13.6 Å². The number of anilines is 1. The van der Waals surface area contributed by atoms with Crippen molar-refractivity contribution in [1.82, 2.24) is 5.32 Å². The third-order valence-corrected chi connectivity index (χ3v) is 7.96. The van der Waals surface area contributed by atoms with Crippen molar-refractivity contribution in [2.75, 3.05) is 12.4 Å². The van der Waals surface area contributed by atoms with Crippen LogP contribution >= 0.6 is 23.2 Å². The van der Waals surface area contributed by atoms with Gasteiger partial charge in [0.05, 0.1) is 35.5 Å². The van der Waals surface area contributed by atoms with Gasteiger partial charge in [0, 0.05) is 22.5 Å². The zero-order chi connectivity index (χ0) is 31.0. The fraction of sp³-hybridized carbons (Fsp3) is 0.323. The number of amides is 1. The fourth-order valence-corrected chi connectivity index (χ4v) is 6.04. The van der Waals surface area contributed by atoms with Crippen LogP contribution in [-0.4, -0.2) is 36.2 Å². The number of benzene rings is 3. The average molecular weight is 616 g/mol. The van der Waals surface area contributed by atoms with E-state index in [9.17, 15) is 20.0 Å². The molecule has 7 nitrogen and oxygen atoms in total. The predicted molar refractivity (Wildman–Crippen MR) is 156 cm³/mol. The van der Waals surface area contributed by atoms with Crippen molar-refractivity contribution < 1.29 is 28.2 Å². The summed E-state index contributed by atoms with van der Waals surface area (Å²) in [6, 6.07) is 12.3. The number of nitrogens with zero attached hydrogens (tertiary/aromatic N) is 1. The Balaban J connectivity index is 1.95. The maximum atomic E-state index is 15.8. The Morgan fingerprint density at radius 2 is 1.86 bits per heavy atom. The van der Waals surface area contributed by atoms with Crippen molar-refractivity contribution in [1.29, 1.82) is 5.26 Å². The smallest absolute Gasteiger partial charge is 0.335 e. The van der Waals surface area contributed by atoms with Gasteiger partial charge in [-0.15, -0.1) is 0 Å². The van der Waals surface area contributed by atoms with E-state index in [0.29, 0.717) is 6.42 Å². The summed E-state index contributed by atoms with van der Waals surface area (Å²) in [4.78, 5) is 25.5. The lowest BCUT2D eigenvalue weighted by molar-refractivity contribution is -0.118. The summed E-state index contributed by atoms with van der Waals surface area (Å²) in [5.74, 6) is -4.65. The molecule has 0 unspecified atom stereocenters. The molecule has 11 heteroatoms. The van der Waals surface area contributed by atoms with Crippen LogP contribution in [0.1, 0.15) is 54.6 Å². The summed E-state index contributed by atoms with van der Waals surface area (Å²) in [5, 5.41) is 26.1. The van der Waals surface area contributed by atoms with Gasteiger partial charge in [0.1, 0.15) is 22.8 Å². The molecular weight excluding hydrogens is 587 g/mol. The van der Waals surface area contributed by atoms with Crippen LogP contribution in [0.4, 0.5) is 14.5 Å². The highest BCUT2D eigenvalue weighted by atomic mass is 35.5. The Bertz CT molecular complexity index is 1590. The van der Waals surface area contributed by atoms with Gasteiger partial charge in [-0.05, 0) is 53.8 Å². The van der Waals surface area contributed by atoms with E-state index in [4.69, 9.17) is 27.9 Å². The Kier molecular flexibility index (Phi) is 8.84. The number of carbonyl (C=O) groups excluding carboxylic acids is 1. The van der Waals surface area contributed by atoms with Crippen LogP contribution in [-0.2, 0) is 10.2 Å². The molecule has 0 aromatic heterocycles. The summed E-state index contributed by atoms with van der Waals surface area (Å²) in [6.07, 6.45) is 0.307. The van der Waals surface area contributed by atoms with E-state index in [2.05, 4.69) is 16.7 Å². The second-order valence-electron chi connectivity index (χ2n) is 11.4. The SMILES string of the molecule is COc1cc(C(=O)O)ccc1NC(=O)[C@H]1N[C@H](CC(C)(C)C)[C@@](C#N)(c2ccc(Cl)cc2F)[C@@H]1c1cccc(Cl)c1F. The van der Waals surface area contributed by atoms with Crippen LogP contribution in [0.3, 0.4) is 0 Å². The topological polar surface area (TPSA) is 111 Å². The standard InChI is InChI=1S/C31H29Cl2F2N3O4/c1-30(2,3)14-24-31(15-36,19-10-9-17(32)13-21(19)34)25(18-6-5-7-20(33)26(18)35)27(38-24)28(39)37-22-11-8-16(29(40)41)12-23(22)42-4/h5-13,24-25,27,38H,14H2,1-4H3,(H,37,39)(H,40,41)/t24-,25-,27+,31-/m1/s1. The maximum absolute atomic E-state index is 15.8. The van der Waals surface area contributed by atoms with Crippen molar-refractivity contribution in [2.24, 2.45) is 5.41 Å². The van der Waals surface area contributed by atoms with Crippen LogP contribution in [0, 0.1) is 28.4 Å². The van der Waals surface area contributed by atoms with Crippen LogP contribution in [0.25, 0.3) is 0 Å². The zero-order valence-electron chi connectivity index (χ0n) is 23.3. The quantitative estimate of drug-likeness (QED) is 0.265. The highest BCUT2D eigenvalue weighted by Crippen LogP contribution is 2.53. The highest BCUT2D eigenvalue weighted by molar-refractivity contribution is 6.31. The molecule has 3 aromatic rings. The minimum absolute atomic E-state index is 0.0424. The van der Waals surface area contributed by atoms with Gasteiger partial charge in [-0.2, -0.15) is 5.26 Å². The first kappa shape index (κ1) is 31.2. The number of halogens is 4. The molecule has 1 heterocycles. The molecule has 3 N–H and O–H groups in total. The molecule has 1 aliphatic rings. The van der Waals surface area contributed by atoms with E-state index in [1.54, 1.807) is 0 Å². The number of nitrogens with one attached hydrogen (secondary N) is 2. The molecule has 1 aliphatic heterocycles. The number of rotatable bonds is 7. The van der Waals surface area contributed by atoms with Gasteiger partial charge < -0.3 is 20.5 Å². The molecule has 42 heavy (non-hydrogen) atoms. The molecule has 4 rings (SSSR count). The largest absolute Gasteiger partial charge is 0.495 e. The second-order valence-corrected chi connectivity index (χ2v) is 12.2. The van der Waals surface area contributed by atoms with Gasteiger partial charge in [0.15, 0.2) is 0 Å². The van der Waals surface area contributed by atoms with Crippen molar-refractivity contribution in [3.8, 4) is 11.8 Å². The lowest BCUT2D eigenvalue weighted by Gasteiger charge is -2.37. The summed E-state index contributed by atoms with van der Waals surface area (Å²) in [6.45, 7) is 5.81. The normalized spacial score (nSPS) is 21.9. The number of carbonyl (C=O) groups is 2. The number of methoxy groups -OCH3 is 1. The lowest BCUT2D eigenvalue weighted by atomic mass is 9.62. The minimum Gasteiger partial charge on any atom is -0.495 e. The molecule has 4 atom stereocenters. The average Bonchev–Trinajstić information content (AvgIpc) is 3.23. The monoisotopic (exact) mass is 615 g/mol. The van der Waals surface area contributed by atoms with E-state index in [0.717, 1.165) is 6.07 Å². The third kappa shape index (κ3) is 5.80. The molecule has 0 saturated carbocycles. The Labute approximate surface area is 252 Å². The Morgan fingerprint density at radius 3 is 2.45 bits per heavy atom. The van der Waals surface area contributed by atoms with Crippen LogP contribution in [0.15, 0.2) is 54.6 Å². The molecule has 1 amide bonds. The number of aromatic carboxylic acids is 1.